The summed E-state index contributed by atoms with van der Waals surface area (Å²) in [6.45, 7) is 6.49. The molecule has 0 unspecified atom stereocenters. The first kappa shape index (κ1) is 12.2. The molecular formula is C10H13NO5. The van der Waals surface area contributed by atoms with E-state index < -0.39 is 23.8 Å². The van der Waals surface area contributed by atoms with Crippen molar-refractivity contribution in [3.8, 4) is 0 Å². The van der Waals surface area contributed by atoms with Crippen LogP contribution in [0, 0.1) is 0 Å². The Bertz CT molecular complexity index is 377. The van der Waals surface area contributed by atoms with E-state index >= 15 is 0 Å². The minimum Gasteiger partial charge on any atom is -0.443 e. The fraction of sp³-hybridized carbons (Fsp3) is 0.500. The first-order chi connectivity index (χ1) is 7.26. The molecule has 0 saturated carbocycles. The van der Waals surface area contributed by atoms with Crippen molar-refractivity contribution in [3.05, 3.63) is 11.8 Å². The predicted octanol–water partition coefficient (Wildman–Crippen LogP) is 1.80. The third-order valence-corrected chi connectivity index (χ3v) is 1.66. The molecule has 0 aliphatic carbocycles. The lowest BCUT2D eigenvalue weighted by atomic mass is 10.2. The number of nitrogens with zero attached hydrogens (tertiary/aromatic N) is 1. The fourth-order valence-electron chi connectivity index (χ4n) is 1.09. The lowest BCUT2D eigenvalue weighted by Gasteiger charge is -2.22. The minimum atomic E-state index is -1.03. The number of ether oxygens (including phenoxy) is 2. The van der Waals surface area contributed by atoms with Crippen molar-refractivity contribution < 1.29 is 23.9 Å². The van der Waals surface area contributed by atoms with Gasteiger partial charge in [0.1, 0.15) is 11.3 Å². The third-order valence-electron chi connectivity index (χ3n) is 1.66. The highest BCUT2D eigenvalue weighted by Crippen LogP contribution is 2.21. The van der Waals surface area contributed by atoms with Gasteiger partial charge in [0, 0.05) is 0 Å². The molecule has 1 saturated heterocycles. The van der Waals surface area contributed by atoms with E-state index in [9.17, 15) is 14.4 Å². The molecule has 0 N–H and O–H groups in total. The topological polar surface area (TPSA) is 72.9 Å². The summed E-state index contributed by atoms with van der Waals surface area (Å²) in [5.41, 5.74) is -0.874. The quantitative estimate of drug-likeness (QED) is 0.358. The van der Waals surface area contributed by atoms with Gasteiger partial charge in [-0.1, -0.05) is 6.08 Å². The second-order valence-electron chi connectivity index (χ2n) is 4.15. The van der Waals surface area contributed by atoms with E-state index in [4.69, 9.17) is 4.74 Å². The van der Waals surface area contributed by atoms with Crippen LogP contribution < -0.4 is 0 Å². The van der Waals surface area contributed by atoms with Gasteiger partial charge in [0.2, 0.25) is 0 Å². The summed E-state index contributed by atoms with van der Waals surface area (Å²) in [5, 5.41) is 0. The van der Waals surface area contributed by atoms with Crippen molar-refractivity contribution in [2.24, 2.45) is 0 Å². The van der Waals surface area contributed by atoms with Crippen molar-refractivity contribution in [1.82, 2.24) is 4.90 Å². The Balaban J connectivity index is 2.91. The first-order valence-electron chi connectivity index (χ1n) is 4.72. The monoisotopic (exact) mass is 227 g/mol. The van der Waals surface area contributed by atoms with E-state index in [1.165, 1.54) is 13.0 Å². The Hall–Kier alpha value is -1.85. The highest BCUT2D eigenvalue weighted by atomic mass is 16.6. The van der Waals surface area contributed by atoms with Crippen LogP contribution >= 0.6 is 0 Å². The van der Waals surface area contributed by atoms with Crippen molar-refractivity contribution in [2.75, 3.05) is 0 Å². The van der Waals surface area contributed by atoms with Crippen LogP contribution in [0.3, 0.4) is 0 Å². The molecule has 0 bridgehead atoms. The number of hydrogen-bond donors (Lipinski definition) is 0. The number of hydrogen-bond acceptors (Lipinski definition) is 5. The molecule has 0 atom stereocenters. The number of esters is 1. The van der Waals surface area contributed by atoms with Crippen LogP contribution in [-0.2, 0) is 14.3 Å². The maximum absolute atomic E-state index is 11.6. The number of imide groups is 1. The van der Waals surface area contributed by atoms with Crippen LogP contribution in [0.5, 0.6) is 0 Å². The van der Waals surface area contributed by atoms with E-state index in [1.54, 1.807) is 20.8 Å². The highest BCUT2D eigenvalue weighted by molar-refractivity contribution is 6.10. The average molecular weight is 227 g/mol. The number of rotatable bonds is 0. The van der Waals surface area contributed by atoms with Gasteiger partial charge in [-0.05, 0) is 27.7 Å². The molecule has 0 spiro atoms. The van der Waals surface area contributed by atoms with Crippen LogP contribution in [-0.4, -0.2) is 28.7 Å². The number of cyclic esters (lactones) is 2. The maximum Gasteiger partial charge on any atom is 0.432 e. The number of allylic oxidation sites excluding steroid dienone is 1. The average Bonchev–Trinajstić information content (AvgIpc) is 2.37. The molecule has 0 aromatic carbocycles. The predicted molar refractivity (Wildman–Crippen MR) is 53.3 cm³/mol. The normalized spacial score (nSPS) is 19.0. The number of carbonyl (C=O) groups is 3. The van der Waals surface area contributed by atoms with E-state index in [-0.39, 0.29) is 5.70 Å². The summed E-state index contributed by atoms with van der Waals surface area (Å²) in [4.78, 5) is 34.5. The highest BCUT2D eigenvalue weighted by Gasteiger charge is 2.42. The number of amides is 2. The molecule has 0 aromatic heterocycles. The second kappa shape index (κ2) is 3.96. The molecule has 0 radical (unpaired) electrons. The maximum atomic E-state index is 11.6. The minimum absolute atomic E-state index is 0.126. The molecular weight excluding hydrogens is 214 g/mol. The van der Waals surface area contributed by atoms with Crippen LogP contribution in [0.25, 0.3) is 0 Å². The molecule has 6 nitrogen and oxygen atoms in total. The Morgan fingerprint density at radius 2 is 1.94 bits per heavy atom. The lowest BCUT2D eigenvalue weighted by Crippen LogP contribution is -2.36. The summed E-state index contributed by atoms with van der Waals surface area (Å²) < 4.78 is 9.26. The molecule has 1 aliphatic rings. The molecule has 0 aromatic rings. The van der Waals surface area contributed by atoms with Crippen LogP contribution in [0.15, 0.2) is 11.8 Å². The van der Waals surface area contributed by atoms with E-state index in [0.717, 1.165) is 0 Å². The Labute approximate surface area is 92.8 Å². The Morgan fingerprint density at radius 3 is 2.38 bits per heavy atom. The molecule has 16 heavy (non-hydrogen) atoms. The lowest BCUT2D eigenvalue weighted by molar-refractivity contribution is -0.130. The van der Waals surface area contributed by atoms with E-state index in [1.807, 2.05) is 0 Å². The van der Waals surface area contributed by atoms with Crippen LogP contribution in [0.2, 0.25) is 0 Å². The third kappa shape index (κ3) is 2.39. The van der Waals surface area contributed by atoms with Crippen LogP contribution in [0.1, 0.15) is 27.7 Å². The second-order valence-corrected chi connectivity index (χ2v) is 4.15. The zero-order valence-corrected chi connectivity index (χ0v) is 9.57. The molecule has 2 amide bonds. The van der Waals surface area contributed by atoms with Crippen molar-refractivity contribution >= 4 is 18.2 Å². The summed E-state index contributed by atoms with van der Waals surface area (Å²) in [7, 11) is 0. The largest absolute Gasteiger partial charge is 0.443 e. The van der Waals surface area contributed by atoms with Gasteiger partial charge in [0.15, 0.2) is 0 Å². The molecule has 6 heteroatoms. The molecule has 1 fully saturated rings. The standard InChI is InChI=1S/C10H13NO5/c1-5-6-7(12)15-8(13)11(6)9(14)16-10(2,3)4/h5H,1-4H3/b6-5-. The fourth-order valence-corrected chi connectivity index (χ4v) is 1.09. The van der Waals surface area contributed by atoms with E-state index in [2.05, 4.69) is 4.74 Å². The summed E-state index contributed by atoms with van der Waals surface area (Å²) in [6, 6.07) is 0. The van der Waals surface area contributed by atoms with Crippen LogP contribution in [0.4, 0.5) is 9.59 Å². The van der Waals surface area contributed by atoms with Gasteiger partial charge in [0.05, 0.1) is 0 Å². The summed E-state index contributed by atoms with van der Waals surface area (Å²) in [6.07, 6.45) is -0.638. The first-order valence-corrected chi connectivity index (χ1v) is 4.72. The smallest absolute Gasteiger partial charge is 0.432 e. The van der Waals surface area contributed by atoms with Gasteiger partial charge in [-0.15, -0.1) is 0 Å². The Kier molecular flexibility index (Phi) is 3.02. The van der Waals surface area contributed by atoms with Gasteiger partial charge in [0.25, 0.3) is 0 Å². The van der Waals surface area contributed by atoms with Gasteiger partial charge in [-0.25, -0.2) is 14.4 Å². The van der Waals surface area contributed by atoms with Gasteiger partial charge >= 0.3 is 18.2 Å². The zero-order chi connectivity index (χ0) is 12.5. The van der Waals surface area contributed by atoms with E-state index in [0.29, 0.717) is 4.90 Å². The van der Waals surface area contributed by atoms with Gasteiger partial charge in [-0.3, -0.25) is 0 Å². The molecule has 88 valence electrons. The van der Waals surface area contributed by atoms with Gasteiger partial charge < -0.3 is 9.47 Å². The molecule has 1 rings (SSSR count). The molecule has 1 heterocycles. The Morgan fingerprint density at radius 1 is 1.38 bits per heavy atom. The summed E-state index contributed by atoms with van der Waals surface area (Å²) in [5.74, 6) is -0.849. The number of carbonyl (C=O) groups excluding carboxylic acids is 3. The van der Waals surface area contributed by atoms with Crippen molar-refractivity contribution in [2.45, 2.75) is 33.3 Å². The van der Waals surface area contributed by atoms with Crippen molar-refractivity contribution in [3.63, 3.8) is 0 Å². The summed E-state index contributed by atoms with van der Waals surface area (Å²) >= 11 is 0. The SMILES string of the molecule is C/C=C1/C(=O)OC(=O)N1C(=O)OC(C)(C)C. The zero-order valence-electron chi connectivity index (χ0n) is 9.57. The van der Waals surface area contributed by atoms with Crippen molar-refractivity contribution in [1.29, 1.82) is 0 Å². The van der Waals surface area contributed by atoms with Gasteiger partial charge in [-0.2, -0.15) is 4.90 Å². The molecule has 1 aliphatic heterocycles.